The third-order valence-corrected chi connectivity index (χ3v) is 0.874. The maximum absolute atomic E-state index is 3.60. The largest absolute Gasteiger partial charge is 0.391 e. The second-order valence-corrected chi connectivity index (χ2v) is 1.59. The summed E-state index contributed by atoms with van der Waals surface area (Å²) in [6, 6.07) is 0. The van der Waals surface area contributed by atoms with Crippen LogP contribution in [0.1, 0.15) is 12.8 Å². The minimum atomic E-state index is 1.01. The van der Waals surface area contributed by atoms with Crippen molar-refractivity contribution in [2.45, 2.75) is 12.8 Å². The van der Waals surface area contributed by atoms with Crippen molar-refractivity contribution in [2.75, 3.05) is 6.54 Å². The van der Waals surface area contributed by atoms with Crippen molar-refractivity contribution in [3.8, 4) is 0 Å². The molecule has 0 aliphatic rings. The molecule has 0 radical (unpaired) electrons. The second kappa shape index (κ2) is 6.28. The van der Waals surface area contributed by atoms with Gasteiger partial charge < -0.3 is 5.32 Å². The van der Waals surface area contributed by atoms with Gasteiger partial charge in [0.15, 0.2) is 0 Å². The van der Waals surface area contributed by atoms with Gasteiger partial charge in [-0.3, -0.25) is 0 Å². The lowest BCUT2D eigenvalue weighted by Gasteiger charge is -1.94. The molecule has 8 heavy (non-hydrogen) atoms. The first-order chi connectivity index (χ1) is 3.91. The van der Waals surface area contributed by atoms with Gasteiger partial charge in [0.05, 0.1) is 0 Å². The Morgan fingerprint density at radius 3 is 2.62 bits per heavy atom. The van der Waals surface area contributed by atoms with Gasteiger partial charge in [-0.2, -0.15) is 0 Å². The van der Waals surface area contributed by atoms with E-state index >= 15 is 0 Å². The van der Waals surface area contributed by atoms with Crippen LogP contribution in [0.25, 0.3) is 0 Å². The van der Waals surface area contributed by atoms with Crippen LogP contribution in [0.5, 0.6) is 0 Å². The van der Waals surface area contributed by atoms with Crippen LogP contribution in [0.3, 0.4) is 0 Å². The van der Waals surface area contributed by atoms with Crippen molar-refractivity contribution in [2.24, 2.45) is 0 Å². The Kier molecular flexibility index (Phi) is 5.71. The average molecular weight is 111 g/mol. The lowest BCUT2D eigenvalue weighted by molar-refractivity contribution is 0.766. The van der Waals surface area contributed by atoms with E-state index in [0.717, 1.165) is 19.4 Å². The van der Waals surface area contributed by atoms with Crippen molar-refractivity contribution in [3.63, 3.8) is 0 Å². The number of hydrogen-bond donors (Lipinski definition) is 1. The molecule has 0 rings (SSSR count). The summed E-state index contributed by atoms with van der Waals surface area (Å²) in [5, 5.41) is 3.00. The van der Waals surface area contributed by atoms with Gasteiger partial charge in [0.2, 0.25) is 0 Å². The van der Waals surface area contributed by atoms with E-state index in [1.165, 1.54) is 0 Å². The van der Waals surface area contributed by atoms with Crippen LogP contribution >= 0.6 is 0 Å². The van der Waals surface area contributed by atoms with E-state index in [0.29, 0.717) is 0 Å². The molecule has 0 amide bonds. The molecule has 0 aromatic carbocycles. The minimum absolute atomic E-state index is 1.01. The van der Waals surface area contributed by atoms with E-state index in [2.05, 4.69) is 18.5 Å². The van der Waals surface area contributed by atoms with Crippen LogP contribution in [-0.2, 0) is 0 Å². The highest BCUT2D eigenvalue weighted by atomic mass is 14.8. The van der Waals surface area contributed by atoms with Gasteiger partial charge in [-0.15, -0.1) is 6.58 Å². The van der Waals surface area contributed by atoms with Crippen molar-refractivity contribution < 1.29 is 0 Å². The standard InChI is InChI=1S/C7H13N/c1-3-5-6-7-8-4-2/h3-4,8H,1-2,5-7H2. The zero-order valence-corrected chi connectivity index (χ0v) is 5.19. The molecule has 0 atom stereocenters. The van der Waals surface area contributed by atoms with E-state index in [1.54, 1.807) is 6.20 Å². The van der Waals surface area contributed by atoms with Crippen LogP contribution in [0.4, 0.5) is 0 Å². The monoisotopic (exact) mass is 111 g/mol. The summed E-state index contributed by atoms with van der Waals surface area (Å²) in [7, 11) is 0. The Balaban J connectivity index is 2.71. The second-order valence-electron chi connectivity index (χ2n) is 1.59. The molecule has 0 aromatic heterocycles. The Labute approximate surface area is 51.1 Å². The van der Waals surface area contributed by atoms with E-state index in [-0.39, 0.29) is 0 Å². The van der Waals surface area contributed by atoms with Crippen molar-refractivity contribution >= 4 is 0 Å². The third kappa shape index (κ3) is 5.28. The van der Waals surface area contributed by atoms with Crippen molar-refractivity contribution in [1.29, 1.82) is 0 Å². The SMILES string of the molecule is C=CCCCNC=C. The van der Waals surface area contributed by atoms with Crippen molar-refractivity contribution in [3.05, 3.63) is 25.4 Å². The fourth-order valence-corrected chi connectivity index (χ4v) is 0.451. The lowest BCUT2D eigenvalue weighted by atomic mass is 10.3. The van der Waals surface area contributed by atoms with Gasteiger partial charge in [0.25, 0.3) is 0 Å². The van der Waals surface area contributed by atoms with Gasteiger partial charge in [-0.05, 0) is 19.0 Å². The summed E-state index contributed by atoms with van der Waals surface area (Å²) in [5.41, 5.74) is 0. The quantitative estimate of drug-likeness (QED) is 0.420. The molecule has 0 saturated carbocycles. The number of unbranched alkanes of at least 4 members (excludes halogenated alkanes) is 1. The number of nitrogens with one attached hydrogen (secondary N) is 1. The maximum atomic E-state index is 3.60. The highest BCUT2D eigenvalue weighted by Crippen LogP contribution is 1.84. The number of hydrogen-bond acceptors (Lipinski definition) is 1. The molecule has 0 unspecified atom stereocenters. The zero-order valence-electron chi connectivity index (χ0n) is 5.19. The van der Waals surface area contributed by atoms with E-state index < -0.39 is 0 Å². The normalized spacial score (nSPS) is 8.00. The molecule has 0 aliphatic carbocycles. The predicted molar refractivity (Wildman–Crippen MR) is 37.6 cm³/mol. The topological polar surface area (TPSA) is 12.0 Å². The molecule has 0 bridgehead atoms. The van der Waals surface area contributed by atoms with Crippen LogP contribution in [0, 0.1) is 0 Å². The molecule has 0 aliphatic heterocycles. The molecule has 0 spiro atoms. The van der Waals surface area contributed by atoms with Gasteiger partial charge in [-0.1, -0.05) is 12.7 Å². The number of allylic oxidation sites excluding steroid dienone is 1. The number of rotatable bonds is 5. The first-order valence-electron chi connectivity index (χ1n) is 2.87. The highest BCUT2D eigenvalue weighted by molar-refractivity contribution is 4.68. The molecule has 1 heteroatoms. The molecule has 0 saturated heterocycles. The van der Waals surface area contributed by atoms with Gasteiger partial charge in [0, 0.05) is 6.54 Å². The highest BCUT2D eigenvalue weighted by Gasteiger charge is 1.76. The molecule has 46 valence electrons. The maximum Gasteiger partial charge on any atom is 0.0144 e. The first-order valence-corrected chi connectivity index (χ1v) is 2.87. The van der Waals surface area contributed by atoms with E-state index in [1.807, 2.05) is 6.08 Å². The molecule has 0 aromatic rings. The first kappa shape index (κ1) is 7.28. The Morgan fingerprint density at radius 1 is 1.38 bits per heavy atom. The summed E-state index contributed by atoms with van der Waals surface area (Å²) in [6.07, 6.45) is 5.87. The van der Waals surface area contributed by atoms with Crippen LogP contribution < -0.4 is 5.32 Å². The van der Waals surface area contributed by atoms with Crippen LogP contribution in [0.15, 0.2) is 25.4 Å². The summed E-state index contributed by atoms with van der Waals surface area (Å²) in [4.78, 5) is 0. The minimum Gasteiger partial charge on any atom is -0.391 e. The summed E-state index contributed by atoms with van der Waals surface area (Å²) >= 11 is 0. The van der Waals surface area contributed by atoms with Crippen LogP contribution in [-0.4, -0.2) is 6.54 Å². The van der Waals surface area contributed by atoms with E-state index in [9.17, 15) is 0 Å². The molecule has 0 fully saturated rings. The fourth-order valence-electron chi connectivity index (χ4n) is 0.451. The Hall–Kier alpha value is -0.720. The summed E-state index contributed by atoms with van der Waals surface area (Å²) in [5.74, 6) is 0. The summed E-state index contributed by atoms with van der Waals surface area (Å²) < 4.78 is 0. The Bertz CT molecular complexity index is 56.8. The molecular weight excluding hydrogens is 98.1 g/mol. The van der Waals surface area contributed by atoms with Gasteiger partial charge in [0.1, 0.15) is 0 Å². The zero-order chi connectivity index (χ0) is 6.24. The van der Waals surface area contributed by atoms with Crippen LogP contribution in [0.2, 0.25) is 0 Å². The smallest absolute Gasteiger partial charge is 0.0144 e. The average Bonchev–Trinajstić information content (AvgIpc) is 1.81. The summed E-state index contributed by atoms with van der Waals surface area (Å²) in [6.45, 7) is 8.14. The molecular formula is C7H13N. The lowest BCUT2D eigenvalue weighted by Crippen LogP contribution is -2.04. The molecule has 0 heterocycles. The van der Waals surface area contributed by atoms with Gasteiger partial charge in [-0.25, -0.2) is 0 Å². The molecule has 1 nitrogen and oxygen atoms in total. The fraction of sp³-hybridized carbons (Fsp3) is 0.429. The molecule has 1 N–H and O–H groups in total. The predicted octanol–water partition coefficient (Wildman–Crippen LogP) is 1.69. The third-order valence-electron chi connectivity index (χ3n) is 0.874. The van der Waals surface area contributed by atoms with E-state index in [4.69, 9.17) is 0 Å². The van der Waals surface area contributed by atoms with Gasteiger partial charge >= 0.3 is 0 Å². The Morgan fingerprint density at radius 2 is 2.12 bits per heavy atom. The van der Waals surface area contributed by atoms with Crippen molar-refractivity contribution in [1.82, 2.24) is 5.32 Å².